The van der Waals surface area contributed by atoms with E-state index < -0.39 is 0 Å². The largest absolute Gasteiger partial charge is 0.388 e. The monoisotopic (exact) mass is 258 g/mol. The number of hydrogen-bond acceptors (Lipinski definition) is 4. The Morgan fingerprint density at radius 3 is 2.72 bits per heavy atom. The number of nitrogens with zero attached hydrogens (tertiary/aromatic N) is 2. The first-order valence-corrected chi connectivity index (χ1v) is 6.06. The highest BCUT2D eigenvalue weighted by atomic mass is 32.1. The molecule has 0 fully saturated rings. The molecule has 5 heteroatoms. The number of nitrogens with two attached hydrogens (primary N) is 1. The average Bonchev–Trinajstić information content (AvgIpc) is 2.40. The average molecular weight is 258 g/mol. The molecular formula is C13H14N4S. The molecule has 0 unspecified atom stereocenters. The van der Waals surface area contributed by atoms with Crippen molar-refractivity contribution in [3.8, 4) is 0 Å². The van der Waals surface area contributed by atoms with E-state index in [2.05, 4.69) is 15.3 Å². The van der Waals surface area contributed by atoms with Crippen LogP contribution >= 0.6 is 12.2 Å². The number of rotatable bonds is 5. The van der Waals surface area contributed by atoms with E-state index in [1.165, 1.54) is 5.56 Å². The molecule has 0 saturated carbocycles. The Labute approximate surface area is 111 Å². The van der Waals surface area contributed by atoms with Crippen molar-refractivity contribution in [1.29, 1.82) is 0 Å². The molecule has 0 spiro atoms. The number of aromatic nitrogens is 2. The van der Waals surface area contributed by atoms with Crippen molar-refractivity contribution in [2.45, 2.75) is 6.42 Å². The fraction of sp³-hybridized carbons (Fsp3) is 0.154. The number of thiocarbonyl (C=S) groups is 1. The van der Waals surface area contributed by atoms with Crippen molar-refractivity contribution in [3.05, 3.63) is 54.1 Å². The van der Waals surface area contributed by atoms with Crippen LogP contribution in [-0.4, -0.2) is 21.5 Å². The Morgan fingerprint density at radius 1 is 1.22 bits per heavy atom. The van der Waals surface area contributed by atoms with Crippen LogP contribution in [0.4, 0.5) is 5.69 Å². The molecule has 0 saturated heterocycles. The van der Waals surface area contributed by atoms with E-state index in [4.69, 9.17) is 18.0 Å². The maximum Gasteiger partial charge on any atom is 0.124 e. The zero-order valence-electron chi connectivity index (χ0n) is 9.84. The maximum absolute atomic E-state index is 5.62. The van der Waals surface area contributed by atoms with Crippen molar-refractivity contribution >= 4 is 22.9 Å². The highest BCUT2D eigenvalue weighted by molar-refractivity contribution is 7.80. The van der Waals surface area contributed by atoms with Crippen LogP contribution in [0.2, 0.25) is 0 Å². The van der Waals surface area contributed by atoms with Gasteiger partial charge in [0.15, 0.2) is 0 Å². The SMILES string of the molecule is NC(=S)c1ncccc1NCCc1ccncc1. The molecule has 0 aliphatic rings. The molecule has 2 heterocycles. The summed E-state index contributed by atoms with van der Waals surface area (Å²) in [4.78, 5) is 8.46. The lowest BCUT2D eigenvalue weighted by atomic mass is 10.2. The van der Waals surface area contributed by atoms with Crippen LogP contribution in [0, 0.1) is 0 Å². The first kappa shape index (κ1) is 12.4. The summed E-state index contributed by atoms with van der Waals surface area (Å²) in [7, 11) is 0. The van der Waals surface area contributed by atoms with Crippen molar-refractivity contribution in [1.82, 2.24) is 9.97 Å². The Bertz CT molecular complexity index is 528. The standard InChI is InChI=1S/C13H14N4S/c14-13(18)12-11(2-1-6-17-12)16-9-5-10-3-7-15-8-4-10/h1-4,6-8,16H,5,9H2,(H2,14,18). The van der Waals surface area contributed by atoms with Gasteiger partial charge in [-0.05, 0) is 36.2 Å². The van der Waals surface area contributed by atoms with Gasteiger partial charge >= 0.3 is 0 Å². The fourth-order valence-corrected chi connectivity index (χ4v) is 1.80. The van der Waals surface area contributed by atoms with E-state index in [1.807, 2.05) is 24.3 Å². The molecule has 92 valence electrons. The summed E-state index contributed by atoms with van der Waals surface area (Å²) < 4.78 is 0. The van der Waals surface area contributed by atoms with Gasteiger partial charge in [0.25, 0.3) is 0 Å². The highest BCUT2D eigenvalue weighted by Gasteiger charge is 2.04. The predicted octanol–water partition coefficient (Wildman–Crippen LogP) is 1.77. The lowest BCUT2D eigenvalue weighted by Gasteiger charge is -2.09. The van der Waals surface area contributed by atoms with Gasteiger partial charge in [0.2, 0.25) is 0 Å². The lowest BCUT2D eigenvalue weighted by molar-refractivity contribution is 1.01. The van der Waals surface area contributed by atoms with Gasteiger partial charge in [-0.1, -0.05) is 12.2 Å². The van der Waals surface area contributed by atoms with Crippen LogP contribution < -0.4 is 11.1 Å². The smallest absolute Gasteiger partial charge is 0.124 e. The first-order chi connectivity index (χ1) is 8.77. The number of anilines is 1. The summed E-state index contributed by atoms with van der Waals surface area (Å²) in [5.74, 6) is 0. The molecule has 0 aliphatic heterocycles. The molecule has 0 aliphatic carbocycles. The summed E-state index contributed by atoms with van der Waals surface area (Å²) in [6, 6.07) is 7.78. The van der Waals surface area contributed by atoms with Crippen molar-refractivity contribution < 1.29 is 0 Å². The van der Waals surface area contributed by atoms with E-state index in [0.29, 0.717) is 10.7 Å². The summed E-state index contributed by atoms with van der Waals surface area (Å²) in [5.41, 5.74) is 8.37. The third kappa shape index (κ3) is 3.24. The summed E-state index contributed by atoms with van der Waals surface area (Å²) >= 11 is 4.96. The van der Waals surface area contributed by atoms with Gasteiger partial charge in [-0.15, -0.1) is 0 Å². The number of pyridine rings is 2. The molecule has 4 nitrogen and oxygen atoms in total. The lowest BCUT2D eigenvalue weighted by Crippen LogP contribution is -2.16. The first-order valence-electron chi connectivity index (χ1n) is 5.65. The summed E-state index contributed by atoms with van der Waals surface area (Å²) in [6.45, 7) is 0.797. The molecule has 0 aromatic carbocycles. The normalized spacial score (nSPS) is 10.0. The van der Waals surface area contributed by atoms with Gasteiger partial charge in [0.05, 0.1) is 5.69 Å². The minimum atomic E-state index is 0.307. The minimum absolute atomic E-state index is 0.307. The van der Waals surface area contributed by atoms with E-state index in [9.17, 15) is 0 Å². The second-order valence-electron chi connectivity index (χ2n) is 3.80. The van der Waals surface area contributed by atoms with Crippen molar-refractivity contribution in [3.63, 3.8) is 0 Å². The molecule has 0 bridgehead atoms. The molecule has 3 N–H and O–H groups in total. The van der Waals surface area contributed by atoms with Crippen LogP contribution in [0.25, 0.3) is 0 Å². The van der Waals surface area contributed by atoms with Crippen molar-refractivity contribution in [2.75, 3.05) is 11.9 Å². The Balaban J connectivity index is 1.97. The number of nitrogens with one attached hydrogen (secondary N) is 1. The maximum atomic E-state index is 5.62. The third-order valence-electron chi connectivity index (χ3n) is 2.52. The van der Waals surface area contributed by atoms with E-state index >= 15 is 0 Å². The van der Waals surface area contributed by atoms with Gasteiger partial charge < -0.3 is 11.1 Å². The Hall–Kier alpha value is -2.01. The topological polar surface area (TPSA) is 63.8 Å². The quantitative estimate of drug-likeness (QED) is 0.800. The van der Waals surface area contributed by atoms with Gasteiger partial charge in [0, 0.05) is 25.1 Å². The number of hydrogen-bond donors (Lipinski definition) is 2. The van der Waals surface area contributed by atoms with Crippen LogP contribution in [-0.2, 0) is 6.42 Å². The van der Waals surface area contributed by atoms with E-state index in [-0.39, 0.29) is 0 Å². The van der Waals surface area contributed by atoms with Gasteiger partial charge in [-0.25, -0.2) is 0 Å². The second-order valence-corrected chi connectivity index (χ2v) is 4.24. The molecule has 0 atom stereocenters. The van der Waals surface area contributed by atoms with Crippen molar-refractivity contribution in [2.24, 2.45) is 5.73 Å². The van der Waals surface area contributed by atoms with Gasteiger partial charge in [-0.3, -0.25) is 9.97 Å². The molecule has 18 heavy (non-hydrogen) atoms. The molecule has 2 aromatic heterocycles. The summed E-state index contributed by atoms with van der Waals surface area (Å²) in [6.07, 6.45) is 6.18. The molecule has 0 amide bonds. The zero-order valence-corrected chi connectivity index (χ0v) is 10.7. The van der Waals surface area contributed by atoms with Gasteiger partial charge in [0.1, 0.15) is 10.7 Å². The highest BCUT2D eigenvalue weighted by Crippen LogP contribution is 2.11. The van der Waals surface area contributed by atoms with E-state index in [0.717, 1.165) is 18.7 Å². The fourth-order valence-electron chi connectivity index (χ4n) is 1.64. The Kier molecular flexibility index (Phi) is 4.20. The van der Waals surface area contributed by atoms with Crippen LogP contribution in [0.1, 0.15) is 11.3 Å². The molecule has 2 rings (SSSR count). The third-order valence-corrected chi connectivity index (χ3v) is 2.71. The van der Waals surface area contributed by atoms with Crippen LogP contribution in [0.15, 0.2) is 42.9 Å². The molecule has 0 radical (unpaired) electrons. The van der Waals surface area contributed by atoms with E-state index in [1.54, 1.807) is 18.6 Å². The second kappa shape index (κ2) is 6.07. The van der Waals surface area contributed by atoms with Crippen LogP contribution in [0.5, 0.6) is 0 Å². The molecule has 2 aromatic rings. The summed E-state index contributed by atoms with van der Waals surface area (Å²) in [5, 5.41) is 3.29. The Morgan fingerprint density at radius 2 is 2.00 bits per heavy atom. The van der Waals surface area contributed by atoms with Crippen LogP contribution in [0.3, 0.4) is 0 Å². The zero-order chi connectivity index (χ0) is 12.8. The van der Waals surface area contributed by atoms with Gasteiger partial charge in [-0.2, -0.15) is 0 Å². The molecular weight excluding hydrogens is 244 g/mol. The predicted molar refractivity (Wildman–Crippen MR) is 76.6 cm³/mol. The minimum Gasteiger partial charge on any atom is -0.388 e.